The lowest BCUT2D eigenvalue weighted by Gasteiger charge is -2.09. The standard InChI is InChI=1S/C31H25N3O5/c1-37-24-17-18-25(38-2)28-27(24)26(20-11-5-3-6-12-20)29(33-28)30(35)34-32-19-22-15-9-10-16-23(22)39-31(36)21-13-7-4-8-14-21/h3-19,33H,1-2H3,(H,34,35). The van der Waals surface area contributed by atoms with Crippen molar-refractivity contribution in [2.24, 2.45) is 5.10 Å². The maximum Gasteiger partial charge on any atom is 0.343 e. The van der Waals surface area contributed by atoms with Gasteiger partial charge < -0.3 is 19.2 Å². The number of fused-ring (bicyclic) bond motifs is 1. The third-order valence-corrected chi connectivity index (χ3v) is 6.11. The summed E-state index contributed by atoms with van der Waals surface area (Å²) in [6, 6.07) is 28.7. The van der Waals surface area contributed by atoms with Crippen molar-refractivity contribution in [1.29, 1.82) is 0 Å². The Morgan fingerprint density at radius 3 is 2.13 bits per heavy atom. The lowest BCUT2D eigenvalue weighted by Crippen LogP contribution is -2.19. The lowest BCUT2D eigenvalue weighted by atomic mass is 10.0. The minimum Gasteiger partial charge on any atom is -0.496 e. The monoisotopic (exact) mass is 519 g/mol. The first-order valence-corrected chi connectivity index (χ1v) is 12.1. The molecule has 0 aliphatic heterocycles. The van der Waals surface area contributed by atoms with Crippen LogP contribution in [0.1, 0.15) is 26.4 Å². The minimum atomic E-state index is -0.492. The molecule has 4 aromatic carbocycles. The molecular formula is C31H25N3O5. The van der Waals surface area contributed by atoms with Crippen molar-refractivity contribution in [2.45, 2.75) is 0 Å². The molecule has 2 N–H and O–H groups in total. The number of hydrogen-bond donors (Lipinski definition) is 2. The molecule has 1 amide bonds. The van der Waals surface area contributed by atoms with Gasteiger partial charge in [0.2, 0.25) is 0 Å². The van der Waals surface area contributed by atoms with E-state index in [0.717, 1.165) is 10.9 Å². The molecule has 5 rings (SSSR count). The zero-order chi connectivity index (χ0) is 27.2. The number of aromatic nitrogens is 1. The summed E-state index contributed by atoms with van der Waals surface area (Å²) in [5, 5.41) is 4.87. The second-order valence-electron chi connectivity index (χ2n) is 8.45. The fourth-order valence-corrected chi connectivity index (χ4v) is 4.28. The third-order valence-electron chi connectivity index (χ3n) is 6.11. The fraction of sp³-hybridized carbons (Fsp3) is 0.0645. The van der Waals surface area contributed by atoms with E-state index in [2.05, 4.69) is 15.5 Å². The number of ether oxygens (including phenoxy) is 3. The highest BCUT2D eigenvalue weighted by atomic mass is 16.5. The average molecular weight is 520 g/mol. The van der Waals surface area contributed by atoms with E-state index in [1.807, 2.05) is 36.4 Å². The second kappa shape index (κ2) is 11.4. The Balaban J connectivity index is 1.46. The smallest absolute Gasteiger partial charge is 0.343 e. The molecule has 0 atom stereocenters. The van der Waals surface area contributed by atoms with Crippen LogP contribution in [0.4, 0.5) is 0 Å². The van der Waals surface area contributed by atoms with Gasteiger partial charge >= 0.3 is 5.97 Å². The summed E-state index contributed by atoms with van der Waals surface area (Å²) >= 11 is 0. The summed E-state index contributed by atoms with van der Waals surface area (Å²) < 4.78 is 16.7. The van der Waals surface area contributed by atoms with Crippen molar-refractivity contribution in [2.75, 3.05) is 14.2 Å². The van der Waals surface area contributed by atoms with E-state index in [-0.39, 0.29) is 0 Å². The summed E-state index contributed by atoms with van der Waals surface area (Å²) in [5.41, 5.74) is 5.93. The van der Waals surface area contributed by atoms with Crippen molar-refractivity contribution < 1.29 is 23.8 Å². The molecular weight excluding hydrogens is 494 g/mol. The van der Waals surface area contributed by atoms with Gasteiger partial charge in [-0.05, 0) is 42.0 Å². The predicted octanol–water partition coefficient (Wildman–Crippen LogP) is 5.84. The molecule has 0 saturated heterocycles. The van der Waals surface area contributed by atoms with Crippen molar-refractivity contribution >= 4 is 29.0 Å². The van der Waals surface area contributed by atoms with Crippen LogP contribution in [0, 0.1) is 0 Å². The number of hydrogen-bond acceptors (Lipinski definition) is 6. The molecule has 0 aliphatic carbocycles. The Bertz CT molecular complexity index is 1660. The van der Waals surface area contributed by atoms with Gasteiger partial charge in [0.15, 0.2) is 0 Å². The Morgan fingerprint density at radius 2 is 1.41 bits per heavy atom. The number of rotatable bonds is 8. The Kier molecular flexibility index (Phi) is 7.36. The molecule has 0 aliphatic rings. The van der Waals surface area contributed by atoms with Crippen LogP contribution in [-0.2, 0) is 0 Å². The van der Waals surface area contributed by atoms with E-state index in [1.165, 1.54) is 6.21 Å². The number of methoxy groups -OCH3 is 2. The number of aromatic amines is 1. The molecule has 39 heavy (non-hydrogen) atoms. The predicted molar refractivity (Wildman–Crippen MR) is 150 cm³/mol. The van der Waals surface area contributed by atoms with Gasteiger partial charge in [-0.3, -0.25) is 4.79 Å². The van der Waals surface area contributed by atoms with Crippen LogP contribution >= 0.6 is 0 Å². The number of esters is 1. The summed E-state index contributed by atoms with van der Waals surface area (Å²) in [7, 11) is 3.14. The molecule has 0 unspecified atom stereocenters. The maximum atomic E-state index is 13.4. The van der Waals surface area contributed by atoms with Crippen LogP contribution in [0.5, 0.6) is 17.2 Å². The second-order valence-corrected chi connectivity index (χ2v) is 8.45. The van der Waals surface area contributed by atoms with Crippen LogP contribution in [0.2, 0.25) is 0 Å². The highest BCUT2D eigenvalue weighted by Gasteiger charge is 2.24. The lowest BCUT2D eigenvalue weighted by molar-refractivity contribution is 0.0734. The summed E-state index contributed by atoms with van der Waals surface area (Å²) in [6.07, 6.45) is 1.43. The van der Waals surface area contributed by atoms with E-state index in [0.29, 0.717) is 45.1 Å². The Hall–Kier alpha value is -5.37. The third kappa shape index (κ3) is 5.21. The molecule has 194 valence electrons. The van der Waals surface area contributed by atoms with Crippen molar-refractivity contribution in [3.05, 3.63) is 114 Å². The van der Waals surface area contributed by atoms with E-state index in [1.54, 1.807) is 74.9 Å². The first kappa shape index (κ1) is 25.3. The van der Waals surface area contributed by atoms with Crippen LogP contribution < -0.4 is 19.6 Å². The first-order chi connectivity index (χ1) is 19.1. The maximum absolute atomic E-state index is 13.4. The number of para-hydroxylation sites is 1. The minimum absolute atomic E-state index is 0.292. The number of amides is 1. The van der Waals surface area contributed by atoms with Gasteiger partial charge in [0.1, 0.15) is 22.9 Å². The van der Waals surface area contributed by atoms with E-state index < -0.39 is 11.9 Å². The number of H-pyrrole nitrogens is 1. The van der Waals surface area contributed by atoms with Crippen LogP contribution in [0.25, 0.3) is 22.0 Å². The Labute approximate surface area is 224 Å². The number of carbonyl (C=O) groups excluding carboxylic acids is 2. The Morgan fingerprint density at radius 1 is 0.769 bits per heavy atom. The highest BCUT2D eigenvalue weighted by Crippen LogP contribution is 2.42. The number of carbonyl (C=O) groups is 2. The molecule has 0 bridgehead atoms. The quantitative estimate of drug-likeness (QED) is 0.116. The number of hydrazone groups is 1. The van der Waals surface area contributed by atoms with Gasteiger partial charge in [0.25, 0.3) is 5.91 Å². The van der Waals surface area contributed by atoms with E-state index in [4.69, 9.17) is 14.2 Å². The highest BCUT2D eigenvalue weighted by molar-refractivity contribution is 6.13. The topological polar surface area (TPSA) is 102 Å². The van der Waals surface area contributed by atoms with Gasteiger partial charge in [0, 0.05) is 11.1 Å². The fourth-order valence-electron chi connectivity index (χ4n) is 4.28. The van der Waals surface area contributed by atoms with Gasteiger partial charge in [0.05, 0.1) is 36.9 Å². The average Bonchev–Trinajstić information content (AvgIpc) is 3.39. The van der Waals surface area contributed by atoms with Crippen molar-refractivity contribution in [3.63, 3.8) is 0 Å². The molecule has 8 nitrogen and oxygen atoms in total. The van der Waals surface area contributed by atoms with Crippen LogP contribution in [0.15, 0.2) is 102 Å². The van der Waals surface area contributed by atoms with Crippen LogP contribution in [0.3, 0.4) is 0 Å². The van der Waals surface area contributed by atoms with Gasteiger partial charge in [-0.25, -0.2) is 10.2 Å². The molecule has 0 fully saturated rings. The van der Waals surface area contributed by atoms with Gasteiger partial charge in [-0.15, -0.1) is 0 Å². The molecule has 8 heteroatoms. The van der Waals surface area contributed by atoms with E-state index in [9.17, 15) is 9.59 Å². The van der Waals surface area contributed by atoms with Gasteiger partial charge in [-0.1, -0.05) is 60.7 Å². The van der Waals surface area contributed by atoms with Gasteiger partial charge in [-0.2, -0.15) is 5.10 Å². The first-order valence-electron chi connectivity index (χ1n) is 12.1. The molecule has 0 saturated carbocycles. The summed E-state index contributed by atoms with van der Waals surface area (Å²) in [5.74, 6) is 0.518. The zero-order valence-corrected chi connectivity index (χ0v) is 21.3. The largest absolute Gasteiger partial charge is 0.496 e. The normalized spacial score (nSPS) is 10.9. The molecule has 5 aromatic rings. The van der Waals surface area contributed by atoms with Crippen molar-refractivity contribution in [3.8, 4) is 28.4 Å². The van der Waals surface area contributed by atoms with E-state index >= 15 is 0 Å². The zero-order valence-electron chi connectivity index (χ0n) is 21.3. The molecule has 1 aromatic heterocycles. The molecule has 0 spiro atoms. The van der Waals surface area contributed by atoms with Crippen molar-refractivity contribution in [1.82, 2.24) is 10.4 Å². The number of nitrogens with one attached hydrogen (secondary N) is 2. The van der Waals surface area contributed by atoms with Crippen LogP contribution in [-0.4, -0.2) is 37.3 Å². The summed E-state index contributed by atoms with van der Waals surface area (Å²) in [6.45, 7) is 0. The molecule has 0 radical (unpaired) electrons. The number of benzene rings is 4. The summed E-state index contributed by atoms with van der Waals surface area (Å²) in [4.78, 5) is 29.2. The molecule has 1 heterocycles. The number of nitrogens with zero attached hydrogens (tertiary/aromatic N) is 1. The SMILES string of the molecule is COc1ccc(OC)c2c(-c3ccccc3)c(C(=O)NN=Cc3ccccc3OC(=O)c3ccccc3)[nH]c12.